The summed E-state index contributed by atoms with van der Waals surface area (Å²) in [5, 5.41) is 8.21. The summed E-state index contributed by atoms with van der Waals surface area (Å²) in [4.78, 5) is 34.5. The van der Waals surface area contributed by atoms with Crippen molar-refractivity contribution in [2.75, 3.05) is 32.7 Å². The van der Waals surface area contributed by atoms with Gasteiger partial charge in [0.1, 0.15) is 0 Å². The van der Waals surface area contributed by atoms with E-state index in [4.69, 9.17) is 4.98 Å². The lowest BCUT2D eigenvalue weighted by molar-refractivity contribution is -0.123. The number of piperazine rings is 1. The SMILES string of the molecule is CC(C)NC(=O)CN1CCN(C(=O)c2cc(-c3ccccc3)nc3c2cnn3C(C)C)CC1. The van der Waals surface area contributed by atoms with Gasteiger partial charge in [-0.25, -0.2) is 9.67 Å². The molecule has 0 aliphatic carbocycles. The smallest absolute Gasteiger partial charge is 0.254 e. The molecule has 0 atom stereocenters. The molecular formula is C25H32N6O2. The third kappa shape index (κ3) is 5.06. The second-order valence-electron chi connectivity index (χ2n) is 9.13. The first-order valence-corrected chi connectivity index (χ1v) is 11.6. The van der Waals surface area contributed by atoms with Crippen molar-refractivity contribution >= 4 is 22.8 Å². The second-order valence-corrected chi connectivity index (χ2v) is 9.13. The van der Waals surface area contributed by atoms with E-state index >= 15 is 0 Å². The van der Waals surface area contributed by atoms with Crippen LogP contribution in [0.5, 0.6) is 0 Å². The van der Waals surface area contributed by atoms with Gasteiger partial charge in [-0.3, -0.25) is 14.5 Å². The highest BCUT2D eigenvalue weighted by atomic mass is 16.2. The molecule has 174 valence electrons. The van der Waals surface area contributed by atoms with Gasteiger partial charge in [0.15, 0.2) is 5.65 Å². The molecule has 0 radical (unpaired) electrons. The van der Waals surface area contributed by atoms with Crippen LogP contribution in [-0.4, -0.2) is 75.1 Å². The van der Waals surface area contributed by atoms with Gasteiger partial charge in [0.05, 0.1) is 29.4 Å². The highest BCUT2D eigenvalue weighted by molar-refractivity contribution is 6.06. The minimum Gasteiger partial charge on any atom is -0.353 e. The Hall–Kier alpha value is -3.26. The number of carbonyl (C=O) groups excluding carboxylic acids is 2. The van der Waals surface area contributed by atoms with Gasteiger partial charge in [0, 0.05) is 43.8 Å². The minimum absolute atomic E-state index is 0.0193. The Morgan fingerprint density at radius 1 is 1.03 bits per heavy atom. The van der Waals surface area contributed by atoms with E-state index in [0.717, 1.165) is 22.3 Å². The fourth-order valence-corrected chi connectivity index (χ4v) is 4.18. The molecule has 2 aromatic heterocycles. The van der Waals surface area contributed by atoms with Gasteiger partial charge in [-0.05, 0) is 33.8 Å². The predicted molar refractivity (Wildman–Crippen MR) is 129 cm³/mol. The van der Waals surface area contributed by atoms with E-state index in [2.05, 4.69) is 29.2 Å². The number of nitrogens with one attached hydrogen (secondary N) is 1. The van der Waals surface area contributed by atoms with Crippen molar-refractivity contribution in [3.05, 3.63) is 48.2 Å². The number of nitrogens with zero attached hydrogens (tertiary/aromatic N) is 5. The molecule has 1 fully saturated rings. The molecule has 1 saturated heterocycles. The largest absolute Gasteiger partial charge is 0.353 e. The van der Waals surface area contributed by atoms with Crippen LogP contribution in [0.3, 0.4) is 0 Å². The molecule has 8 heteroatoms. The van der Waals surface area contributed by atoms with E-state index in [0.29, 0.717) is 38.3 Å². The Kier molecular flexibility index (Phi) is 6.74. The summed E-state index contributed by atoms with van der Waals surface area (Å²) < 4.78 is 1.86. The number of pyridine rings is 1. The number of fused-ring (bicyclic) bond motifs is 1. The van der Waals surface area contributed by atoms with Crippen molar-refractivity contribution < 1.29 is 9.59 Å². The molecule has 0 spiro atoms. The van der Waals surface area contributed by atoms with Crippen molar-refractivity contribution in [2.24, 2.45) is 0 Å². The Morgan fingerprint density at radius 3 is 2.36 bits per heavy atom. The maximum atomic E-state index is 13.6. The van der Waals surface area contributed by atoms with Gasteiger partial charge < -0.3 is 10.2 Å². The van der Waals surface area contributed by atoms with Crippen LogP contribution in [0, 0.1) is 0 Å². The summed E-state index contributed by atoms with van der Waals surface area (Å²) >= 11 is 0. The standard InChI is InChI=1S/C25H32N6O2/c1-17(2)27-23(32)16-29-10-12-30(13-11-29)25(33)20-14-22(19-8-6-5-7-9-19)28-24-21(20)15-26-31(24)18(3)4/h5-9,14-15,17-18H,10-13,16H2,1-4H3,(H,27,32). The summed E-state index contributed by atoms with van der Waals surface area (Å²) in [5.74, 6) is 0.00314. The lowest BCUT2D eigenvalue weighted by Gasteiger charge is -2.34. The fourth-order valence-electron chi connectivity index (χ4n) is 4.18. The molecule has 1 aromatic carbocycles. The molecule has 3 aromatic rings. The number of hydrogen-bond donors (Lipinski definition) is 1. The van der Waals surface area contributed by atoms with Crippen molar-refractivity contribution in [1.82, 2.24) is 29.9 Å². The molecule has 0 bridgehead atoms. The first-order chi connectivity index (χ1) is 15.8. The normalized spacial score (nSPS) is 14.9. The fraction of sp³-hybridized carbons (Fsp3) is 0.440. The Bertz CT molecular complexity index is 1130. The maximum absolute atomic E-state index is 13.6. The Morgan fingerprint density at radius 2 is 1.73 bits per heavy atom. The second kappa shape index (κ2) is 9.70. The first kappa shape index (κ1) is 22.9. The summed E-state index contributed by atoms with van der Waals surface area (Å²) in [5.41, 5.74) is 3.07. The summed E-state index contributed by atoms with van der Waals surface area (Å²) in [7, 11) is 0. The predicted octanol–water partition coefficient (Wildman–Crippen LogP) is 2.96. The average Bonchev–Trinajstić information content (AvgIpc) is 3.23. The number of hydrogen-bond acceptors (Lipinski definition) is 5. The monoisotopic (exact) mass is 448 g/mol. The zero-order valence-electron chi connectivity index (χ0n) is 19.8. The zero-order valence-corrected chi connectivity index (χ0v) is 19.8. The van der Waals surface area contributed by atoms with Crippen LogP contribution in [0.15, 0.2) is 42.6 Å². The molecule has 1 N–H and O–H groups in total. The number of benzene rings is 1. The number of amides is 2. The number of rotatable bonds is 6. The van der Waals surface area contributed by atoms with Crippen LogP contribution >= 0.6 is 0 Å². The van der Waals surface area contributed by atoms with Crippen molar-refractivity contribution in [3.63, 3.8) is 0 Å². The molecule has 33 heavy (non-hydrogen) atoms. The van der Waals surface area contributed by atoms with Crippen LogP contribution in [0.2, 0.25) is 0 Å². The van der Waals surface area contributed by atoms with E-state index in [9.17, 15) is 9.59 Å². The maximum Gasteiger partial charge on any atom is 0.254 e. The van der Waals surface area contributed by atoms with E-state index < -0.39 is 0 Å². The number of aromatic nitrogens is 3. The molecule has 1 aliphatic heterocycles. The van der Waals surface area contributed by atoms with Gasteiger partial charge in [-0.15, -0.1) is 0 Å². The van der Waals surface area contributed by atoms with Crippen LogP contribution in [-0.2, 0) is 4.79 Å². The van der Waals surface area contributed by atoms with Gasteiger partial charge >= 0.3 is 0 Å². The van der Waals surface area contributed by atoms with Crippen LogP contribution in [0.25, 0.3) is 22.3 Å². The van der Waals surface area contributed by atoms with Crippen LogP contribution in [0.1, 0.15) is 44.1 Å². The highest BCUT2D eigenvalue weighted by Gasteiger charge is 2.26. The van der Waals surface area contributed by atoms with Gasteiger partial charge in [0.25, 0.3) is 5.91 Å². The molecule has 3 heterocycles. The van der Waals surface area contributed by atoms with Crippen LogP contribution in [0.4, 0.5) is 0 Å². The quantitative estimate of drug-likeness (QED) is 0.627. The molecule has 4 rings (SSSR count). The zero-order chi connectivity index (χ0) is 23.5. The third-order valence-corrected chi connectivity index (χ3v) is 5.83. The lowest BCUT2D eigenvalue weighted by atomic mass is 10.1. The molecule has 0 unspecified atom stereocenters. The average molecular weight is 449 g/mol. The van der Waals surface area contributed by atoms with E-state index in [1.54, 1.807) is 6.20 Å². The molecule has 0 saturated carbocycles. The van der Waals surface area contributed by atoms with E-state index in [1.165, 1.54) is 0 Å². The van der Waals surface area contributed by atoms with Crippen molar-refractivity contribution in [3.8, 4) is 11.3 Å². The summed E-state index contributed by atoms with van der Waals surface area (Å²) in [6.45, 7) is 10.9. The third-order valence-electron chi connectivity index (χ3n) is 5.83. The summed E-state index contributed by atoms with van der Waals surface area (Å²) in [6.07, 6.45) is 1.75. The van der Waals surface area contributed by atoms with E-state index in [1.807, 2.05) is 59.8 Å². The molecule has 2 amide bonds. The van der Waals surface area contributed by atoms with Crippen molar-refractivity contribution in [2.45, 2.75) is 39.8 Å². The highest BCUT2D eigenvalue weighted by Crippen LogP contribution is 2.27. The van der Waals surface area contributed by atoms with Gasteiger partial charge in [0.2, 0.25) is 5.91 Å². The Labute approximate surface area is 194 Å². The van der Waals surface area contributed by atoms with Crippen molar-refractivity contribution in [1.29, 1.82) is 0 Å². The first-order valence-electron chi connectivity index (χ1n) is 11.6. The van der Waals surface area contributed by atoms with Crippen LogP contribution < -0.4 is 5.32 Å². The number of carbonyl (C=O) groups is 2. The molecular weight excluding hydrogens is 416 g/mol. The topological polar surface area (TPSA) is 83.4 Å². The lowest BCUT2D eigenvalue weighted by Crippen LogP contribution is -2.51. The van der Waals surface area contributed by atoms with Gasteiger partial charge in [-0.1, -0.05) is 30.3 Å². The Balaban J connectivity index is 1.59. The van der Waals surface area contributed by atoms with Gasteiger partial charge in [-0.2, -0.15) is 5.10 Å². The molecule has 8 nitrogen and oxygen atoms in total. The van der Waals surface area contributed by atoms with E-state index in [-0.39, 0.29) is 23.9 Å². The molecule has 1 aliphatic rings. The summed E-state index contributed by atoms with van der Waals surface area (Å²) in [6, 6.07) is 12.0. The minimum atomic E-state index is -0.0193.